The van der Waals surface area contributed by atoms with Gasteiger partial charge in [0.05, 0.1) is 17.9 Å². The van der Waals surface area contributed by atoms with Gasteiger partial charge in [-0.3, -0.25) is 0 Å². The van der Waals surface area contributed by atoms with Gasteiger partial charge >= 0.3 is 17.8 Å². The molecule has 0 amide bonds. The maximum absolute atomic E-state index is 13.5. The first-order valence-electron chi connectivity index (χ1n) is 12.2. The van der Waals surface area contributed by atoms with E-state index in [1.807, 2.05) is 24.3 Å². The van der Waals surface area contributed by atoms with Gasteiger partial charge in [-0.25, -0.2) is 9.79 Å². The monoisotopic (exact) mass is 523 g/mol. The molecule has 38 heavy (non-hydrogen) atoms. The fraction of sp³-hybridized carbons (Fsp3) is 0.357. The van der Waals surface area contributed by atoms with E-state index in [9.17, 15) is 18.0 Å². The molecule has 198 valence electrons. The second-order valence-electron chi connectivity index (χ2n) is 9.56. The number of nitrogens with one attached hydrogen (secondary N) is 1. The normalized spacial score (nSPS) is 18.0. The van der Waals surface area contributed by atoms with Gasteiger partial charge in [0.1, 0.15) is 6.04 Å². The van der Waals surface area contributed by atoms with Gasteiger partial charge in [-0.2, -0.15) is 13.2 Å². The Labute approximate surface area is 219 Å². The van der Waals surface area contributed by atoms with Gasteiger partial charge in [0.25, 0.3) is 0 Å². The van der Waals surface area contributed by atoms with E-state index in [2.05, 4.69) is 40.3 Å². The van der Waals surface area contributed by atoms with E-state index < -0.39 is 23.9 Å². The molecule has 0 fully saturated rings. The molecule has 2 aromatic rings. The van der Waals surface area contributed by atoms with Crippen LogP contribution in [0.15, 0.2) is 69.3 Å². The molecular formula is C28H28F3N5O2. The molecule has 7 nitrogen and oxygen atoms in total. The summed E-state index contributed by atoms with van der Waals surface area (Å²) < 4.78 is 45.9. The predicted molar refractivity (Wildman–Crippen MR) is 137 cm³/mol. The molecule has 10 heteroatoms. The van der Waals surface area contributed by atoms with Crippen molar-refractivity contribution < 1.29 is 22.7 Å². The van der Waals surface area contributed by atoms with E-state index in [1.165, 1.54) is 24.3 Å². The summed E-state index contributed by atoms with van der Waals surface area (Å²) in [7, 11) is 0. The zero-order valence-corrected chi connectivity index (χ0v) is 21.0. The van der Waals surface area contributed by atoms with Gasteiger partial charge < -0.3 is 15.8 Å². The van der Waals surface area contributed by atoms with Crippen molar-refractivity contribution in [2.24, 2.45) is 26.9 Å². The van der Waals surface area contributed by atoms with Crippen LogP contribution >= 0.6 is 0 Å². The van der Waals surface area contributed by atoms with Gasteiger partial charge in [-0.05, 0) is 35.4 Å². The number of guanidine groups is 1. The molecule has 4 rings (SSSR count). The van der Waals surface area contributed by atoms with Crippen LogP contribution in [0.4, 0.5) is 13.2 Å². The zero-order chi connectivity index (χ0) is 27.5. The first-order valence-corrected chi connectivity index (χ1v) is 12.2. The molecule has 2 aliphatic heterocycles. The van der Waals surface area contributed by atoms with Crippen LogP contribution in [0.25, 0.3) is 5.70 Å². The molecule has 0 saturated carbocycles. The van der Waals surface area contributed by atoms with Crippen LogP contribution in [-0.4, -0.2) is 24.7 Å². The molecule has 0 spiro atoms. The fourth-order valence-electron chi connectivity index (χ4n) is 4.29. The maximum Gasteiger partial charge on any atom is 0.442 e. The summed E-state index contributed by atoms with van der Waals surface area (Å²) in [6.07, 6.45) is 2.47. The molecule has 0 aromatic heterocycles. The molecule has 1 unspecified atom stereocenters. The number of esters is 1. The van der Waals surface area contributed by atoms with Gasteiger partial charge in [0.15, 0.2) is 5.96 Å². The number of carbonyl (C=O) groups is 1. The number of terminal acetylenes is 1. The quantitative estimate of drug-likeness (QED) is 0.261. The van der Waals surface area contributed by atoms with Crippen LogP contribution in [0, 0.1) is 18.3 Å². The molecule has 0 saturated heterocycles. The van der Waals surface area contributed by atoms with Crippen LogP contribution in [0.1, 0.15) is 55.0 Å². The van der Waals surface area contributed by atoms with E-state index in [-0.39, 0.29) is 23.7 Å². The summed E-state index contributed by atoms with van der Waals surface area (Å²) in [5.41, 5.74) is 6.22. The molecule has 0 aliphatic carbocycles. The number of rotatable bonds is 9. The Balaban J connectivity index is 1.73. The number of ether oxygens (including phenoxy) is 1. The van der Waals surface area contributed by atoms with Gasteiger partial charge in [-0.1, -0.05) is 62.4 Å². The van der Waals surface area contributed by atoms with Crippen LogP contribution in [-0.2, 0) is 21.6 Å². The van der Waals surface area contributed by atoms with Crippen LogP contribution in [0.3, 0.4) is 0 Å². The van der Waals surface area contributed by atoms with Crippen LogP contribution in [0.2, 0.25) is 0 Å². The Morgan fingerprint density at radius 1 is 1.16 bits per heavy atom. The molecule has 2 heterocycles. The molecular weight excluding hydrogens is 495 g/mol. The number of aliphatic imine (C=N–C) groups is 1. The third-order valence-corrected chi connectivity index (χ3v) is 6.19. The minimum Gasteiger partial charge on any atom is -0.462 e. The van der Waals surface area contributed by atoms with Crippen molar-refractivity contribution >= 4 is 17.6 Å². The van der Waals surface area contributed by atoms with E-state index in [4.69, 9.17) is 16.9 Å². The number of benzene rings is 2. The molecule has 2 aromatic carbocycles. The highest BCUT2D eigenvalue weighted by Gasteiger charge is 2.65. The summed E-state index contributed by atoms with van der Waals surface area (Å²) in [4.78, 5) is 17.8. The highest BCUT2D eigenvalue weighted by Crippen LogP contribution is 2.52. The van der Waals surface area contributed by atoms with E-state index in [1.54, 1.807) is 0 Å². The predicted octanol–water partition coefficient (Wildman–Crippen LogP) is 5.39. The largest absolute Gasteiger partial charge is 0.462 e. The Bertz CT molecular complexity index is 1310. The van der Waals surface area contributed by atoms with Gasteiger partial charge in [0.2, 0.25) is 0 Å². The second-order valence-corrected chi connectivity index (χ2v) is 9.56. The smallest absolute Gasteiger partial charge is 0.442 e. The number of carbonyl (C=O) groups excluding carboxylic acids is 1. The number of hydrogen-bond acceptors (Lipinski definition) is 7. The lowest BCUT2D eigenvalue weighted by Crippen LogP contribution is -2.37. The lowest BCUT2D eigenvalue weighted by molar-refractivity contribution is -0.166. The van der Waals surface area contributed by atoms with Crippen molar-refractivity contribution in [1.82, 2.24) is 5.32 Å². The Morgan fingerprint density at radius 2 is 1.82 bits per heavy atom. The van der Waals surface area contributed by atoms with Gasteiger partial charge in [0, 0.05) is 12.0 Å². The highest BCUT2D eigenvalue weighted by atomic mass is 19.4. The van der Waals surface area contributed by atoms with Crippen molar-refractivity contribution in [3.05, 3.63) is 76.4 Å². The standard InChI is InChI=1S/C28H28F3N5O2/c1-4-5-6-15-38-25(37)22-23(19-9-7-18(8-10-19)16-17(2)3)33-26(32)34-24(22)20-11-13-21(14-12-20)27(35-36-27)28(29,30)31/h1,7-14,17,23H,5-6,15-16H2,2-3H3,(H3,32,33,34). The van der Waals surface area contributed by atoms with Crippen molar-refractivity contribution in [2.75, 3.05) is 6.61 Å². The average molecular weight is 524 g/mol. The van der Waals surface area contributed by atoms with E-state index in [0.717, 1.165) is 17.5 Å². The summed E-state index contributed by atoms with van der Waals surface area (Å²) >= 11 is 0. The maximum atomic E-state index is 13.5. The topological polar surface area (TPSA) is 101 Å². The summed E-state index contributed by atoms with van der Waals surface area (Å²) in [5, 5.41) is 9.40. The number of nitrogens with zero attached hydrogens (tertiary/aromatic N) is 3. The van der Waals surface area contributed by atoms with Crippen molar-refractivity contribution in [3.63, 3.8) is 0 Å². The number of nitrogens with two attached hydrogens (primary N) is 1. The van der Waals surface area contributed by atoms with Crippen molar-refractivity contribution in [3.8, 4) is 12.3 Å². The van der Waals surface area contributed by atoms with E-state index >= 15 is 0 Å². The molecule has 3 N–H and O–H groups in total. The highest BCUT2D eigenvalue weighted by molar-refractivity contribution is 6.04. The second kappa shape index (κ2) is 10.7. The Kier molecular flexibility index (Phi) is 7.58. The van der Waals surface area contributed by atoms with E-state index in [0.29, 0.717) is 30.0 Å². The number of hydrogen-bond donors (Lipinski definition) is 2. The van der Waals surface area contributed by atoms with Crippen LogP contribution < -0.4 is 11.1 Å². The molecule has 1 atom stereocenters. The third kappa shape index (κ3) is 5.57. The minimum atomic E-state index is -4.64. The third-order valence-electron chi connectivity index (χ3n) is 6.19. The van der Waals surface area contributed by atoms with Crippen molar-refractivity contribution in [2.45, 2.75) is 51.0 Å². The number of alkyl halides is 3. The zero-order valence-electron chi connectivity index (χ0n) is 21.0. The minimum absolute atomic E-state index is 0.0585. The number of halogens is 3. The summed E-state index contributed by atoms with van der Waals surface area (Å²) in [6.45, 7) is 4.36. The molecule has 0 radical (unpaired) electrons. The lowest BCUT2D eigenvalue weighted by atomic mass is 9.91. The number of unbranched alkanes of at least 4 members (excludes halogenated alkanes) is 1. The Morgan fingerprint density at radius 3 is 2.37 bits per heavy atom. The average Bonchev–Trinajstić information content (AvgIpc) is 3.69. The Hall–Kier alpha value is -4.13. The fourth-order valence-corrected chi connectivity index (χ4v) is 4.29. The first kappa shape index (κ1) is 26.9. The first-order chi connectivity index (χ1) is 18.1. The summed E-state index contributed by atoms with van der Waals surface area (Å²) in [5.74, 6) is 2.41. The molecule has 0 bridgehead atoms. The SMILES string of the molecule is C#CCCCOC(=O)C1=C(c2ccc(C3(C(F)(F)F)N=N3)cc2)NC(N)=NC1c1ccc(CC(C)C)cc1. The van der Waals surface area contributed by atoms with Crippen LogP contribution in [0.5, 0.6) is 0 Å². The summed E-state index contributed by atoms with van der Waals surface area (Å²) in [6, 6.07) is 12.4. The lowest BCUT2D eigenvalue weighted by Gasteiger charge is -2.27. The van der Waals surface area contributed by atoms with Gasteiger partial charge in [-0.15, -0.1) is 22.6 Å². The molecule has 2 aliphatic rings. The van der Waals surface area contributed by atoms with Crippen molar-refractivity contribution in [1.29, 1.82) is 0 Å².